The molecule has 2 amide bonds. The smallest absolute Gasteiger partial charge is 0.261 e. The molecule has 2 aliphatic rings. The maximum Gasteiger partial charge on any atom is 0.261 e. The number of nitrogens with one attached hydrogen (secondary N) is 1. The van der Waals surface area contributed by atoms with E-state index in [1.165, 1.54) is 24.6 Å². The highest BCUT2D eigenvalue weighted by molar-refractivity contribution is 7.99. The van der Waals surface area contributed by atoms with Crippen LogP contribution in [-0.2, 0) is 4.79 Å². The predicted octanol–water partition coefficient (Wildman–Crippen LogP) is 3.43. The molecule has 2 aromatic rings. The Hall–Kier alpha value is -2.38. The van der Waals surface area contributed by atoms with Crippen molar-refractivity contribution < 1.29 is 9.59 Å². The van der Waals surface area contributed by atoms with Gasteiger partial charge in [0.15, 0.2) is 0 Å². The highest BCUT2D eigenvalue weighted by atomic mass is 32.2. The minimum Gasteiger partial charge on any atom is -0.355 e. The fourth-order valence-corrected chi connectivity index (χ4v) is 5.15. The molecule has 0 bridgehead atoms. The number of pyridine rings is 1. The molecule has 30 heavy (non-hydrogen) atoms. The fraction of sp³-hybridized carbons (Fsp3) is 0.435. The van der Waals surface area contributed by atoms with E-state index in [0.29, 0.717) is 17.1 Å². The summed E-state index contributed by atoms with van der Waals surface area (Å²) in [5.74, 6) is 0.438. The molecule has 0 spiro atoms. The van der Waals surface area contributed by atoms with E-state index < -0.39 is 0 Å². The van der Waals surface area contributed by atoms with E-state index in [1.807, 2.05) is 24.3 Å². The number of nitrogens with zero attached hydrogens (tertiary/aromatic N) is 3. The lowest BCUT2D eigenvalue weighted by atomic mass is 10.0. The highest BCUT2D eigenvalue weighted by Crippen LogP contribution is 2.39. The Labute approximate surface area is 182 Å². The lowest BCUT2D eigenvalue weighted by Gasteiger charge is -2.30. The number of likely N-dealkylation sites (tertiary alicyclic amines) is 1. The largest absolute Gasteiger partial charge is 0.355 e. The van der Waals surface area contributed by atoms with Gasteiger partial charge in [0.2, 0.25) is 5.91 Å². The van der Waals surface area contributed by atoms with E-state index in [1.54, 1.807) is 23.2 Å². The van der Waals surface area contributed by atoms with Crippen LogP contribution in [0.3, 0.4) is 0 Å². The molecule has 1 saturated heterocycles. The number of para-hydroxylation sites is 1. The van der Waals surface area contributed by atoms with E-state index in [2.05, 4.69) is 22.1 Å². The Morgan fingerprint density at radius 2 is 2.13 bits per heavy atom. The molecule has 1 atom stereocenters. The summed E-state index contributed by atoms with van der Waals surface area (Å²) < 4.78 is 0. The van der Waals surface area contributed by atoms with E-state index >= 15 is 0 Å². The summed E-state index contributed by atoms with van der Waals surface area (Å²) in [7, 11) is 0. The number of amides is 2. The molecule has 0 saturated carbocycles. The van der Waals surface area contributed by atoms with Crippen molar-refractivity contribution >= 4 is 29.3 Å². The van der Waals surface area contributed by atoms with Gasteiger partial charge in [0.25, 0.3) is 5.91 Å². The van der Waals surface area contributed by atoms with E-state index in [0.717, 1.165) is 42.6 Å². The van der Waals surface area contributed by atoms with Crippen LogP contribution in [0, 0.1) is 5.92 Å². The van der Waals surface area contributed by atoms with Gasteiger partial charge in [0.1, 0.15) is 11.6 Å². The zero-order valence-corrected chi connectivity index (χ0v) is 18.2. The van der Waals surface area contributed by atoms with Crippen molar-refractivity contribution in [2.45, 2.75) is 36.1 Å². The van der Waals surface area contributed by atoms with Crippen LogP contribution < -0.4 is 10.2 Å². The first kappa shape index (κ1) is 20.9. The molecule has 1 N–H and O–H groups in total. The van der Waals surface area contributed by atoms with Gasteiger partial charge in [0, 0.05) is 24.2 Å². The van der Waals surface area contributed by atoms with Gasteiger partial charge in [0.05, 0.1) is 11.3 Å². The number of hydrogen-bond acceptors (Lipinski definition) is 5. The second-order valence-electron chi connectivity index (χ2n) is 8.07. The van der Waals surface area contributed by atoms with Crippen LogP contribution in [0.5, 0.6) is 0 Å². The van der Waals surface area contributed by atoms with Crippen LogP contribution in [0.4, 0.5) is 5.69 Å². The Kier molecular flexibility index (Phi) is 6.69. The third-order valence-electron chi connectivity index (χ3n) is 5.63. The topological polar surface area (TPSA) is 65.5 Å². The minimum absolute atomic E-state index is 0.00545. The number of aromatic nitrogens is 1. The zero-order valence-electron chi connectivity index (χ0n) is 17.3. The summed E-state index contributed by atoms with van der Waals surface area (Å²) in [5, 5.41) is 3.67. The monoisotopic (exact) mass is 424 g/mol. The second-order valence-corrected chi connectivity index (χ2v) is 9.10. The van der Waals surface area contributed by atoms with Crippen LogP contribution in [0.2, 0.25) is 0 Å². The molecule has 0 radical (unpaired) electrons. The molecular weight excluding hydrogens is 396 g/mol. The van der Waals surface area contributed by atoms with Gasteiger partial charge in [-0.05, 0) is 62.5 Å². The molecule has 7 heteroatoms. The molecule has 3 heterocycles. The van der Waals surface area contributed by atoms with Gasteiger partial charge in [-0.1, -0.05) is 30.8 Å². The normalized spacial score (nSPS) is 19.0. The molecule has 1 aromatic heterocycles. The summed E-state index contributed by atoms with van der Waals surface area (Å²) in [4.78, 5) is 35.2. The molecule has 4 rings (SSSR count). The van der Waals surface area contributed by atoms with Crippen molar-refractivity contribution in [2.24, 2.45) is 5.92 Å². The van der Waals surface area contributed by atoms with Gasteiger partial charge < -0.3 is 10.2 Å². The Bertz CT molecular complexity index is 920. The third kappa shape index (κ3) is 4.84. The van der Waals surface area contributed by atoms with Gasteiger partial charge in [-0.3, -0.25) is 14.5 Å². The molecule has 158 valence electrons. The number of hydrogen-bond donors (Lipinski definition) is 1. The molecule has 6 nitrogen and oxygen atoms in total. The number of carbonyl (C=O) groups excluding carboxylic acids is 2. The SMILES string of the molecule is C[C@@H]1CCCN(CCCNC(=O)CN2C(=O)c3cccnc3Sc3ccccc32)C1. The fourth-order valence-electron chi connectivity index (χ4n) is 4.14. The zero-order chi connectivity index (χ0) is 20.9. The van der Waals surface area contributed by atoms with Gasteiger partial charge in [-0.15, -0.1) is 0 Å². The first-order valence-electron chi connectivity index (χ1n) is 10.6. The Balaban J connectivity index is 1.38. The van der Waals surface area contributed by atoms with Gasteiger partial charge in [-0.25, -0.2) is 4.98 Å². The number of carbonyl (C=O) groups is 2. The molecule has 2 aliphatic heterocycles. The van der Waals surface area contributed by atoms with Crippen molar-refractivity contribution in [3.63, 3.8) is 0 Å². The van der Waals surface area contributed by atoms with Crippen molar-refractivity contribution in [2.75, 3.05) is 37.6 Å². The predicted molar refractivity (Wildman–Crippen MR) is 119 cm³/mol. The van der Waals surface area contributed by atoms with Crippen molar-refractivity contribution in [3.05, 3.63) is 48.2 Å². The quantitative estimate of drug-likeness (QED) is 0.720. The molecular formula is C23H28N4O2S. The number of benzene rings is 1. The molecule has 0 unspecified atom stereocenters. The van der Waals surface area contributed by atoms with E-state index in [9.17, 15) is 9.59 Å². The van der Waals surface area contributed by atoms with Gasteiger partial charge >= 0.3 is 0 Å². The maximum absolute atomic E-state index is 13.2. The van der Waals surface area contributed by atoms with Crippen molar-refractivity contribution in [1.82, 2.24) is 15.2 Å². The number of anilines is 1. The first-order chi connectivity index (χ1) is 14.6. The molecule has 1 aromatic carbocycles. The second kappa shape index (κ2) is 9.62. The number of fused-ring (bicyclic) bond motifs is 2. The van der Waals surface area contributed by atoms with E-state index in [4.69, 9.17) is 0 Å². The van der Waals surface area contributed by atoms with E-state index in [-0.39, 0.29) is 18.4 Å². The highest BCUT2D eigenvalue weighted by Gasteiger charge is 2.29. The van der Waals surface area contributed by atoms with Crippen molar-refractivity contribution in [3.8, 4) is 0 Å². The van der Waals surface area contributed by atoms with Crippen molar-refractivity contribution in [1.29, 1.82) is 0 Å². The summed E-state index contributed by atoms with van der Waals surface area (Å²) in [6.45, 7) is 6.24. The van der Waals surface area contributed by atoms with Crippen LogP contribution in [0.1, 0.15) is 36.5 Å². The van der Waals surface area contributed by atoms with Crippen LogP contribution in [0.15, 0.2) is 52.5 Å². The average molecular weight is 425 g/mol. The van der Waals surface area contributed by atoms with Crippen LogP contribution in [-0.4, -0.2) is 54.4 Å². The summed E-state index contributed by atoms with van der Waals surface area (Å²) in [6.07, 6.45) is 5.19. The number of piperidine rings is 1. The summed E-state index contributed by atoms with van der Waals surface area (Å²) in [6, 6.07) is 11.2. The first-order valence-corrected chi connectivity index (χ1v) is 11.5. The number of rotatable bonds is 6. The summed E-state index contributed by atoms with van der Waals surface area (Å²) in [5.41, 5.74) is 1.29. The van der Waals surface area contributed by atoms with Crippen LogP contribution >= 0.6 is 11.8 Å². The Morgan fingerprint density at radius 3 is 3.00 bits per heavy atom. The van der Waals surface area contributed by atoms with Gasteiger partial charge in [-0.2, -0.15) is 0 Å². The average Bonchev–Trinajstić information content (AvgIpc) is 2.86. The standard InChI is InChI=1S/C23H28N4O2S/c1-17-7-5-13-26(15-17)14-6-12-24-21(28)16-27-19-9-2-3-10-20(19)30-22-18(23(27)29)8-4-11-25-22/h2-4,8-11,17H,5-7,12-16H2,1H3,(H,24,28)/t17-/m1/s1. The third-order valence-corrected chi connectivity index (χ3v) is 6.71. The summed E-state index contributed by atoms with van der Waals surface area (Å²) >= 11 is 1.46. The Morgan fingerprint density at radius 1 is 1.27 bits per heavy atom. The lowest BCUT2D eigenvalue weighted by Crippen LogP contribution is -2.42. The molecule has 0 aliphatic carbocycles. The minimum atomic E-state index is -0.187. The van der Waals surface area contributed by atoms with Crippen LogP contribution in [0.25, 0.3) is 0 Å². The molecule has 1 fully saturated rings. The maximum atomic E-state index is 13.2. The lowest BCUT2D eigenvalue weighted by molar-refractivity contribution is -0.119.